The van der Waals surface area contributed by atoms with E-state index < -0.39 is 32.1 Å². The third-order valence-electron chi connectivity index (χ3n) is 5.30. The summed E-state index contributed by atoms with van der Waals surface area (Å²) < 4.78 is 59.4. The predicted octanol–water partition coefficient (Wildman–Crippen LogP) is 3.61. The molecule has 0 bridgehead atoms. The summed E-state index contributed by atoms with van der Waals surface area (Å²) in [6.07, 6.45) is -0.105. The average molecular weight is 536 g/mol. The van der Waals surface area contributed by atoms with Crippen molar-refractivity contribution in [1.29, 1.82) is 0 Å². The van der Waals surface area contributed by atoms with Gasteiger partial charge in [-0.25, -0.2) is 16.8 Å². The van der Waals surface area contributed by atoms with Gasteiger partial charge in [-0.15, -0.1) is 0 Å². The first-order valence-electron chi connectivity index (χ1n) is 10.4. The number of fused-ring (bicyclic) bond motifs is 1. The van der Waals surface area contributed by atoms with Gasteiger partial charge < -0.3 is 10.1 Å². The van der Waals surface area contributed by atoms with Crippen LogP contribution in [0.15, 0.2) is 71.6 Å². The van der Waals surface area contributed by atoms with Gasteiger partial charge in [0, 0.05) is 10.7 Å². The Hall–Kier alpha value is -3.28. The summed E-state index contributed by atoms with van der Waals surface area (Å²) in [5.74, 6) is -0.386. The van der Waals surface area contributed by atoms with Gasteiger partial charge in [-0.3, -0.25) is 13.8 Å². The molecule has 35 heavy (non-hydrogen) atoms. The van der Waals surface area contributed by atoms with Crippen LogP contribution < -0.4 is 19.1 Å². The van der Waals surface area contributed by atoms with Gasteiger partial charge in [0.2, 0.25) is 10.0 Å². The van der Waals surface area contributed by atoms with Crippen molar-refractivity contribution >= 4 is 54.6 Å². The van der Waals surface area contributed by atoms with Crippen molar-refractivity contribution in [2.75, 3.05) is 27.1 Å². The molecule has 0 spiro atoms. The molecule has 3 aromatic carbocycles. The molecule has 0 saturated carbocycles. The number of sulfonamides is 2. The third kappa shape index (κ3) is 5.53. The van der Waals surface area contributed by atoms with Gasteiger partial charge in [0.15, 0.2) is 6.10 Å². The molecule has 0 saturated heterocycles. The molecule has 1 amide bonds. The van der Waals surface area contributed by atoms with Gasteiger partial charge in [0.25, 0.3) is 15.9 Å². The number of aryl methyl sites for hydroxylation is 1. The maximum atomic E-state index is 12.9. The van der Waals surface area contributed by atoms with E-state index in [1.807, 2.05) is 6.07 Å². The number of benzene rings is 3. The second-order valence-corrected chi connectivity index (χ2v) is 12.0. The molecule has 9 nitrogen and oxygen atoms in total. The van der Waals surface area contributed by atoms with E-state index >= 15 is 0 Å². The number of anilines is 3. The van der Waals surface area contributed by atoms with Crippen molar-refractivity contribution in [2.24, 2.45) is 0 Å². The molecular weight excluding hydrogens is 514 g/mol. The van der Waals surface area contributed by atoms with Crippen molar-refractivity contribution < 1.29 is 26.4 Å². The van der Waals surface area contributed by atoms with Gasteiger partial charge in [0.1, 0.15) is 5.75 Å². The fourth-order valence-corrected chi connectivity index (χ4v) is 5.71. The van der Waals surface area contributed by atoms with Crippen LogP contribution in [0.5, 0.6) is 5.75 Å². The minimum atomic E-state index is -3.83. The number of halogens is 1. The van der Waals surface area contributed by atoms with Crippen molar-refractivity contribution in [3.8, 4) is 5.75 Å². The zero-order chi connectivity index (χ0) is 25.4. The zero-order valence-corrected chi connectivity index (χ0v) is 21.1. The maximum absolute atomic E-state index is 12.9. The zero-order valence-electron chi connectivity index (χ0n) is 18.7. The van der Waals surface area contributed by atoms with Crippen LogP contribution in [-0.4, -0.2) is 41.6 Å². The third-order valence-corrected chi connectivity index (χ3v) is 8.07. The molecule has 1 atom stereocenters. The van der Waals surface area contributed by atoms with Gasteiger partial charge in [-0.2, -0.15) is 0 Å². The predicted molar refractivity (Wildman–Crippen MR) is 135 cm³/mol. The summed E-state index contributed by atoms with van der Waals surface area (Å²) in [6.45, 7) is 1.55. The van der Waals surface area contributed by atoms with Gasteiger partial charge in [-0.05, 0) is 61.0 Å². The maximum Gasteiger partial charge on any atom is 0.267 e. The molecular formula is C23H22ClN3O6S2. The molecule has 4 rings (SSSR count). The topological polar surface area (TPSA) is 122 Å². The van der Waals surface area contributed by atoms with Crippen LogP contribution in [0.4, 0.5) is 17.1 Å². The Morgan fingerprint density at radius 3 is 2.37 bits per heavy atom. The quantitative estimate of drug-likeness (QED) is 0.497. The minimum Gasteiger partial charge on any atom is -0.476 e. The molecule has 0 fully saturated rings. The highest BCUT2D eigenvalue weighted by Gasteiger charge is 2.35. The van der Waals surface area contributed by atoms with Gasteiger partial charge in [0.05, 0.1) is 29.1 Å². The Kier molecular flexibility index (Phi) is 6.67. The highest BCUT2D eigenvalue weighted by molar-refractivity contribution is 7.92. The van der Waals surface area contributed by atoms with E-state index in [9.17, 15) is 21.6 Å². The summed E-state index contributed by atoms with van der Waals surface area (Å²) in [7, 11) is -7.54. The fraction of sp³-hybridized carbons (Fsp3) is 0.174. The van der Waals surface area contributed by atoms with Crippen molar-refractivity contribution in [1.82, 2.24) is 0 Å². The molecule has 12 heteroatoms. The molecule has 0 aliphatic carbocycles. The number of rotatable bonds is 6. The summed E-state index contributed by atoms with van der Waals surface area (Å²) in [6, 6.07) is 17.1. The lowest BCUT2D eigenvalue weighted by Crippen LogP contribution is -2.48. The highest BCUT2D eigenvalue weighted by atomic mass is 35.5. The summed E-state index contributed by atoms with van der Waals surface area (Å²) in [5.41, 5.74) is 1.82. The lowest BCUT2D eigenvalue weighted by Gasteiger charge is -2.34. The highest BCUT2D eigenvalue weighted by Crippen LogP contribution is 2.37. The first kappa shape index (κ1) is 24.8. The van der Waals surface area contributed by atoms with Crippen LogP contribution in [0.25, 0.3) is 0 Å². The van der Waals surface area contributed by atoms with Crippen LogP contribution in [-0.2, 0) is 24.8 Å². The molecule has 2 N–H and O–H groups in total. The number of ether oxygens (including phenoxy) is 1. The Balaban J connectivity index is 1.49. The summed E-state index contributed by atoms with van der Waals surface area (Å²) >= 11 is 5.99. The second kappa shape index (κ2) is 9.40. The van der Waals surface area contributed by atoms with E-state index in [1.54, 1.807) is 25.1 Å². The first-order chi connectivity index (χ1) is 16.4. The Labute approximate surface area is 208 Å². The largest absolute Gasteiger partial charge is 0.476 e. The SMILES string of the molecule is Cc1ccccc1NS(=O)(=O)c1ccc(NC(=O)[C@@H]2CN(S(C)(=O)=O)c3cc(Cl)ccc3O2)cc1. The van der Waals surface area contributed by atoms with Crippen molar-refractivity contribution in [2.45, 2.75) is 17.9 Å². The number of para-hydroxylation sites is 1. The average Bonchev–Trinajstić information content (AvgIpc) is 2.79. The standard InChI is InChI=1S/C23H22ClN3O6S2/c1-15-5-3-4-6-19(15)26-35(31,32)18-10-8-17(9-11-18)25-23(28)22-14-27(34(2,29)30)20-13-16(24)7-12-21(20)33-22/h3-13,22,26H,14H2,1-2H3,(H,25,28)/t22-/m0/s1. The Morgan fingerprint density at radius 2 is 1.71 bits per heavy atom. The van der Waals surface area contributed by atoms with E-state index in [2.05, 4.69) is 10.0 Å². The van der Waals surface area contributed by atoms with Crippen LogP contribution >= 0.6 is 11.6 Å². The first-order valence-corrected chi connectivity index (χ1v) is 14.1. The number of nitrogens with zero attached hydrogens (tertiary/aromatic N) is 1. The van der Waals surface area contributed by atoms with E-state index in [0.29, 0.717) is 16.4 Å². The fourth-order valence-electron chi connectivity index (χ4n) is 3.51. The number of carbonyl (C=O) groups is 1. The number of hydrogen-bond acceptors (Lipinski definition) is 6. The van der Waals surface area contributed by atoms with Gasteiger partial charge in [-0.1, -0.05) is 29.8 Å². The number of amides is 1. The van der Waals surface area contributed by atoms with Crippen molar-refractivity contribution in [3.63, 3.8) is 0 Å². The van der Waals surface area contributed by atoms with Crippen LogP contribution in [0.1, 0.15) is 5.56 Å². The van der Waals surface area contributed by atoms with E-state index in [0.717, 1.165) is 16.1 Å². The second-order valence-electron chi connectivity index (χ2n) is 7.95. The summed E-state index contributed by atoms with van der Waals surface area (Å²) in [5, 5.41) is 2.97. The van der Waals surface area contributed by atoms with Crippen molar-refractivity contribution in [3.05, 3.63) is 77.3 Å². The minimum absolute atomic E-state index is 0.0155. The Bertz CT molecular complexity index is 1490. The van der Waals surface area contributed by atoms with Crippen LogP contribution in [0.2, 0.25) is 5.02 Å². The van der Waals surface area contributed by atoms with E-state index in [1.165, 1.54) is 42.5 Å². The molecule has 1 aliphatic rings. The van der Waals surface area contributed by atoms with E-state index in [4.69, 9.17) is 16.3 Å². The molecule has 1 aliphatic heterocycles. The van der Waals surface area contributed by atoms with E-state index in [-0.39, 0.29) is 22.9 Å². The molecule has 0 radical (unpaired) electrons. The lowest BCUT2D eigenvalue weighted by atomic mass is 10.2. The number of nitrogens with one attached hydrogen (secondary N) is 2. The molecule has 0 unspecified atom stereocenters. The molecule has 1 heterocycles. The molecule has 0 aromatic heterocycles. The van der Waals surface area contributed by atoms with Crippen LogP contribution in [0.3, 0.4) is 0 Å². The smallest absolute Gasteiger partial charge is 0.267 e. The number of hydrogen-bond donors (Lipinski definition) is 2. The van der Waals surface area contributed by atoms with Gasteiger partial charge >= 0.3 is 0 Å². The summed E-state index contributed by atoms with van der Waals surface area (Å²) in [4.78, 5) is 12.9. The van der Waals surface area contributed by atoms with Crippen LogP contribution in [0, 0.1) is 6.92 Å². The molecule has 3 aromatic rings. The number of carbonyl (C=O) groups excluding carboxylic acids is 1. The monoisotopic (exact) mass is 535 g/mol. The Morgan fingerprint density at radius 1 is 1.03 bits per heavy atom. The normalized spacial score (nSPS) is 15.6. The lowest BCUT2D eigenvalue weighted by molar-refractivity contribution is -0.122. The molecule has 184 valence electrons.